The third-order valence-corrected chi connectivity index (χ3v) is 1.28. The fourth-order valence-corrected chi connectivity index (χ4v) is 0.714. The second kappa shape index (κ2) is 4.86. The summed E-state index contributed by atoms with van der Waals surface area (Å²) < 4.78 is 4.83. The molecule has 0 bridgehead atoms. The summed E-state index contributed by atoms with van der Waals surface area (Å²) in [5.41, 5.74) is 0. The van der Waals surface area contributed by atoms with E-state index in [2.05, 4.69) is 14.5 Å². The number of hydrogen-bond donors (Lipinski definition) is 1. The van der Waals surface area contributed by atoms with Gasteiger partial charge in [0.1, 0.15) is 6.10 Å². The fourth-order valence-electron chi connectivity index (χ4n) is 0.500. The summed E-state index contributed by atoms with van der Waals surface area (Å²) in [5, 5.41) is 2.77. The Kier molecular flexibility index (Phi) is 4.87. The van der Waals surface area contributed by atoms with Gasteiger partial charge in [-0.2, -0.15) is 0 Å². The summed E-state index contributed by atoms with van der Waals surface area (Å²) in [6.07, 6.45) is -0.303. The Morgan fingerprint density at radius 3 is 2.56 bits per heavy atom. The largest absolute Gasteiger partial charge is 0.372 e. The van der Waals surface area contributed by atoms with Gasteiger partial charge in [-0.3, -0.25) is 9.88 Å². The molecule has 0 spiro atoms. The molecule has 0 aromatic carbocycles. The van der Waals surface area contributed by atoms with Crippen LogP contribution < -0.4 is 5.09 Å². The van der Waals surface area contributed by atoms with E-state index in [4.69, 9.17) is 4.74 Å². The SMILES string of the molecule is COC(CNP)C(C)=O. The maximum Gasteiger partial charge on any atom is 0.159 e. The molecule has 9 heavy (non-hydrogen) atoms. The number of carbonyl (C=O) groups is 1. The molecule has 3 nitrogen and oxygen atoms in total. The predicted octanol–water partition coefficient (Wildman–Crippen LogP) is -0.0299. The quantitative estimate of drug-likeness (QED) is 0.570. The molecule has 54 valence electrons. The Morgan fingerprint density at radius 2 is 2.44 bits per heavy atom. The highest BCUT2D eigenvalue weighted by Crippen LogP contribution is 1.89. The summed E-state index contributed by atoms with van der Waals surface area (Å²) in [6.45, 7) is 2.06. The van der Waals surface area contributed by atoms with Gasteiger partial charge in [-0.05, 0) is 6.92 Å². The van der Waals surface area contributed by atoms with E-state index >= 15 is 0 Å². The van der Waals surface area contributed by atoms with E-state index in [-0.39, 0.29) is 11.9 Å². The Labute approximate surface area is 57.4 Å². The average Bonchev–Trinajstić information content (AvgIpc) is 1.82. The monoisotopic (exact) mass is 149 g/mol. The first kappa shape index (κ1) is 9.02. The zero-order chi connectivity index (χ0) is 7.28. The Morgan fingerprint density at radius 1 is 1.89 bits per heavy atom. The maximum absolute atomic E-state index is 10.6. The van der Waals surface area contributed by atoms with Gasteiger partial charge in [0.15, 0.2) is 5.78 Å². The van der Waals surface area contributed by atoms with E-state index in [0.29, 0.717) is 6.54 Å². The van der Waals surface area contributed by atoms with Crippen LogP contribution in [-0.2, 0) is 9.53 Å². The van der Waals surface area contributed by atoms with Crippen molar-refractivity contribution in [3.63, 3.8) is 0 Å². The van der Waals surface area contributed by atoms with Crippen molar-refractivity contribution in [1.29, 1.82) is 0 Å². The predicted molar refractivity (Wildman–Crippen MR) is 39.2 cm³/mol. The first-order valence-corrected chi connectivity index (χ1v) is 3.26. The van der Waals surface area contributed by atoms with Gasteiger partial charge in [0.2, 0.25) is 0 Å². The van der Waals surface area contributed by atoms with Gasteiger partial charge in [0.05, 0.1) is 0 Å². The Hall–Kier alpha value is 0.0200. The van der Waals surface area contributed by atoms with Crippen molar-refractivity contribution in [1.82, 2.24) is 5.09 Å². The average molecular weight is 149 g/mol. The van der Waals surface area contributed by atoms with Crippen LogP contribution in [0.5, 0.6) is 0 Å². The van der Waals surface area contributed by atoms with Crippen LogP contribution in [0.2, 0.25) is 0 Å². The van der Waals surface area contributed by atoms with E-state index in [1.165, 1.54) is 14.0 Å². The van der Waals surface area contributed by atoms with Crippen LogP contribution in [0.4, 0.5) is 0 Å². The van der Waals surface area contributed by atoms with Crippen molar-refractivity contribution >= 4 is 15.2 Å². The molecule has 0 amide bonds. The minimum atomic E-state index is -0.303. The standard InChI is InChI=1S/C5H12NO2P/c1-4(7)5(8-2)3-6-9/h5-6H,3,9H2,1-2H3. The highest BCUT2D eigenvalue weighted by atomic mass is 31.0. The molecule has 0 aromatic heterocycles. The van der Waals surface area contributed by atoms with Gasteiger partial charge in [-0.1, -0.05) is 9.39 Å². The highest BCUT2D eigenvalue weighted by molar-refractivity contribution is 7.13. The van der Waals surface area contributed by atoms with Crippen molar-refractivity contribution in [2.24, 2.45) is 0 Å². The van der Waals surface area contributed by atoms with Crippen molar-refractivity contribution in [3.05, 3.63) is 0 Å². The van der Waals surface area contributed by atoms with Gasteiger partial charge in [-0.25, -0.2) is 0 Å². The zero-order valence-electron chi connectivity index (χ0n) is 5.68. The second-order valence-electron chi connectivity index (χ2n) is 1.74. The molecule has 0 rings (SSSR count). The van der Waals surface area contributed by atoms with Gasteiger partial charge in [-0.15, -0.1) is 0 Å². The third kappa shape index (κ3) is 3.57. The number of nitrogens with one attached hydrogen (secondary N) is 1. The van der Waals surface area contributed by atoms with Gasteiger partial charge >= 0.3 is 0 Å². The third-order valence-electron chi connectivity index (χ3n) is 1.04. The van der Waals surface area contributed by atoms with Gasteiger partial charge in [0.25, 0.3) is 0 Å². The molecule has 4 heteroatoms. The molecular formula is C5H12NO2P. The topological polar surface area (TPSA) is 38.3 Å². The lowest BCUT2D eigenvalue weighted by Gasteiger charge is -2.09. The van der Waals surface area contributed by atoms with Crippen LogP contribution in [0.15, 0.2) is 0 Å². The molecule has 0 radical (unpaired) electrons. The Bertz CT molecular complexity index is 97.0. The van der Waals surface area contributed by atoms with Gasteiger partial charge in [0, 0.05) is 13.7 Å². The van der Waals surface area contributed by atoms with Crippen LogP contribution in [0, 0.1) is 0 Å². The number of hydrogen-bond acceptors (Lipinski definition) is 3. The molecule has 0 aromatic rings. The first-order valence-electron chi connectivity index (χ1n) is 2.69. The van der Waals surface area contributed by atoms with Crippen molar-refractivity contribution in [3.8, 4) is 0 Å². The minimum absolute atomic E-state index is 0.0486. The molecular weight excluding hydrogens is 137 g/mol. The Balaban J connectivity index is 3.54. The number of carbonyl (C=O) groups excluding carboxylic acids is 1. The lowest BCUT2D eigenvalue weighted by molar-refractivity contribution is -0.126. The molecule has 0 fully saturated rings. The molecule has 0 saturated heterocycles. The molecule has 2 unspecified atom stereocenters. The molecule has 1 N–H and O–H groups in total. The number of ether oxygens (including phenoxy) is 1. The fraction of sp³-hybridized carbons (Fsp3) is 0.800. The summed E-state index contributed by atoms with van der Waals surface area (Å²) in [4.78, 5) is 10.6. The lowest BCUT2D eigenvalue weighted by atomic mass is 10.2. The number of ketones is 1. The van der Waals surface area contributed by atoms with E-state index in [1.54, 1.807) is 0 Å². The number of methoxy groups -OCH3 is 1. The van der Waals surface area contributed by atoms with Crippen molar-refractivity contribution in [2.75, 3.05) is 13.7 Å². The molecule has 0 saturated carbocycles. The first-order chi connectivity index (χ1) is 4.22. The van der Waals surface area contributed by atoms with Crippen molar-refractivity contribution < 1.29 is 9.53 Å². The van der Waals surface area contributed by atoms with E-state index in [1.807, 2.05) is 0 Å². The number of rotatable bonds is 4. The van der Waals surface area contributed by atoms with E-state index < -0.39 is 0 Å². The zero-order valence-corrected chi connectivity index (χ0v) is 6.83. The van der Waals surface area contributed by atoms with Crippen LogP contribution in [-0.4, -0.2) is 25.5 Å². The summed E-state index contributed by atoms with van der Waals surface area (Å²) in [7, 11) is 3.84. The normalized spacial score (nSPS) is 13.2. The molecule has 2 atom stereocenters. The summed E-state index contributed by atoms with van der Waals surface area (Å²) in [6, 6.07) is 0. The molecule has 0 aliphatic rings. The summed E-state index contributed by atoms with van der Waals surface area (Å²) in [5.74, 6) is 0.0486. The molecule has 0 aliphatic carbocycles. The van der Waals surface area contributed by atoms with Crippen LogP contribution in [0.3, 0.4) is 0 Å². The van der Waals surface area contributed by atoms with Gasteiger partial charge < -0.3 is 4.74 Å². The van der Waals surface area contributed by atoms with E-state index in [0.717, 1.165) is 0 Å². The smallest absolute Gasteiger partial charge is 0.159 e. The van der Waals surface area contributed by atoms with Crippen LogP contribution in [0.25, 0.3) is 0 Å². The molecule has 0 heterocycles. The highest BCUT2D eigenvalue weighted by Gasteiger charge is 2.09. The lowest BCUT2D eigenvalue weighted by Crippen LogP contribution is -2.29. The maximum atomic E-state index is 10.6. The number of Topliss-reactive ketones (excluding diaryl/α,β-unsaturated/α-hetero) is 1. The minimum Gasteiger partial charge on any atom is -0.372 e. The van der Waals surface area contributed by atoms with Crippen molar-refractivity contribution in [2.45, 2.75) is 13.0 Å². The second-order valence-corrected chi connectivity index (χ2v) is 2.15. The van der Waals surface area contributed by atoms with E-state index in [9.17, 15) is 4.79 Å². The summed E-state index contributed by atoms with van der Waals surface area (Å²) >= 11 is 0. The van der Waals surface area contributed by atoms with Crippen LogP contribution in [0.1, 0.15) is 6.92 Å². The molecule has 0 aliphatic heterocycles. The van der Waals surface area contributed by atoms with Crippen LogP contribution >= 0.6 is 9.39 Å².